The summed E-state index contributed by atoms with van der Waals surface area (Å²) in [6, 6.07) is 22.3. The van der Waals surface area contributed by atoms with E-state index in [4.69, 9.17) is 5.10 Å². The SMILES string of the molecule is CCCCC(c1ccccc1)n1nc(C(=O)c2ccc3cnn(C)c3c2)c2cc(Br)ccc21. The number of hydrogen-bond donors (Lipinski definition) is 0. The van der Waals surface area contributed by atoms with Crippen molar-refractivity contribution in [3.8, 4) is 0 Å². The molecule has 5 rings (SSSR count). The number of ketones is 1. The molecule has 2 aromatic heterocycles. The summed E-state index contributed by atoms with van der Waals surface area (Å²) in [6.45, 7) is 2.20. The molecule has 0 aliphatic rings. The van der Waals surface area contributed by atoms with Gasteiger partial charge < -0.3 is 0 Å². The van der Waals surface area contributed by atoms with Gasteiger partial charge in [0.05, 0.1) is 23.3 Å². The van der Waals surface area contributed by atoms with E-state index in [-0.39, 0.29) is 11.8 Å². The molecule has 0 saturated heterocycles. The van der Waals surface area contributed by atoms with E-state index in [9.17, 15) is 4.79 Å². The first-order valence-electron chi connectivity index (χ1n) is 11.3. The van der Waals surface area contributed by atoms with Crippen molar-refractivity contribution in [2.75, 3.05) is 0 Å². The smallest absolute Gasteiger partial charge is 0.213 e. The summed E-state index contributed by atoms with van der Waals surface area (Å²) >= 11 is 3.58. The minimum atomic E-state index is -0.0812. The van der Waals surface area contributed by atoms with Crippen molar-refractivity contribution in [3.05, 3.63) is 94.2 Å². The molecule has 0 bridgehead atoms. The number of hydrogen-bond acceptors (Lipinski definition) is 3. The maximum absolute atomic E-state index is 13.7. The number of carbonyl (C=O) groups is 1. The molecule has 0 amide bonds. The van der Waals surface area contributed by atoms with Gasteiger partial charge >= 0.3 is 0 Å². The Kier molecular flexibility index (Phi) is 5.85. The summed E-state index contributed by atoms with van der Waals surface area (Å²) in [5, 5.41) is 11.1. The van der Waals surface area contributed by atoms with E-state index in [1.165, 1.54) is 5.56 Å². The van der Waals surface area contributed by atoms with Crippen molar-refractivity contribution < 1.29 is 4.79 Å². The van der Waals surface area contributed by atoms with Crippen LogP contribution >= 0.6 is 15.9 Å². The van der Waals surface area contributed by atoms with Gasteiger partial charge in [-0.3, -0.25) is 14.2 Å². The number of nitrogens with zero attached hydrogens (tertiary/aromatic N) is 4. The lowest BCUT2D eigenvalue weighted by Crippen LogP contribution is -2.13. The minimum absolute atomic E-state index is 0.0657. The zero-order chi connectivity index (χ0) is 22.9. The Balaban J connectivity index is 1.67. The van der Waals surface area contributed by atoms with Crippen molar-refractivity contribution in [1.29, 1.82) is 0 Å². The average molecular weight is 501 g/mol. The van der Waals surface area contributed by atoms with Crippen LogP contribution in [0.25, 0.3) is 21.8 Å². The number of halogens is 1. The van der Waals surface area contributed by atoms with E-state index in [1.807, 2.05) is 54.3 Å². The molecule has 1 atom stereocenters. The standard InChI is InChI=1S/C27H25BrN4O/c1-3-4-10-23(18-8-6-5-7-9-18)32-24-14-13-21(28)16-22(24)26(30-32)27(33)19-11-12-20-17-29-31(2)25(20)15-19/h5-9,11-17,23H,3-4,10H2,1-2H3. The highest BCUT2D eigenvalue weighted by Crippen LogP contribution is 2.32. The van der Waals surface area contributed by atoms with E-state index >= 15 is 0 Å². The predicted molar refractivity (Wildman–Crippen MR) is 136 cm³/mol. The zero-order valence-corrected chi connectivity index (χ0v) is 20.3. The van der Waals surface area contributed by atoms with Gasteiger partial charge in [0.2, 0.25) is 5.78 Å². The third-order valence-corrected chi connectivity index (χ3v) is 6.70. The van der Waals surface area contributed by atoms with Crippen LogP contribution in [0.4, 0.5) is 0 Å². The van der Waals surface area contributed by atoms with Crippen LogP contribution in [0, 0.1) is 0 Å². The van der Waals surface area contributed by atoms with Gasteiger partial charge in [-0.05, 0) is 36.2 Å². The average Bonchev–Trinajstić information content (AvgIpc) is 3.40. The molecule has 0 aliphatic carbocycles. The van der Waals surface area contributed by atoms with Crippen molar-refractivity contribution in [2.45, 2.75) is 32.2 Å². The Morgan fingerprint density at radius 1 is 1.03 bits per heavy atom. The highest BCUT2D eigenvalue weighted by atomic mass is 79.9. The van der Waals surface area contributed by atoms with Crippen LogP contribution in [-0.2, 0) is 7.05 Å². The zero-order valence-electron chi connectivity index (χ0n) is 18.7. The molecule has 0 spiro atoms. The first-order chi connectivity index (χ1) is 16.1. The lowest BCUT2D eigenvalue weighted by atomic mass is 10.0. The van der Waals surface area contributed by atoms with Crippen LogP contribution < -0.4 is 0 Å². The third kappa shape index (κ3) is 4.00. The molecule has 33 heavy (non-hydrogen) atoms. The third-order valence-electron chi connectivity index (χ3n) is 6.21. The Morgan fingerprint density at radius 2 is 1.85 bits per heavy atom. The molecule has 0 aliphatic heterocycles. The second-order valence-electron chi connectivity index (χ2n) is 8.39. The van der Waals surface area contributed by atoms with E-state index in [0.29, 0.717) is 11.3 Å². The van der Waals surface area contributed by atoms with Crippen molar-refractivity contribution in [1.82, 2.24) is 19.6 Å². The van der Waals surface area contributed by atoms with Crippen LogP contribution in [0.15, 0.2) is 77.4 Å². The minimum Gasteiger partial charge on any atom is -0.287 e. The number of rotatable bonds is 7. The fourth-order valence-electron chi connectivity index (χ4n) is 4.44. The maximum atomic E-state index is 13.7. The van der Waals surface area contributed by atoms with Gasteiger partial charge in [-0.1, -0.05) is 78.2 Å². The molecule has 166 valence electrons. The predicted octanol–water partition coefficient (Wildman–Crippen LogP) is 6.70. The first kappa shape index (κ1) is 21.6. The number of carbonyl (C=O) groups excluding carboxylic acids is 1. The van der Waals surface area contributed by atoms with Crippen LogP contribution in [0.2, 0.25) is 0 Å². The summed E-state index contributed by atoms with van der Waals surface area (Å²) in [5.41, 5.74) is 4.19. The van der Waals surface area contributed by atoms with Crippen LogP contribution in [-0.4, -0.2) is 25.3 Å². The van der Waals surface area contributed by atoms with Crippen LogP contribution in [0.5, 0.6) is 0 Å². The van der Waals surface area contributed by atoms with Gasteiger partial charge in [0.15, 0.2) is 0 Å². The Labute approximate surface area is 201 Å². The van der Waals surface area contributed by atoms with Gasteiger partial charge in [-0.15, -0.1) is 0 Å². The monoisotopic (exact) mass is 500 g/mol. The largest absolute Gasteiger partial charge is 0.287 e. The van der Waals surface area contributed by atoms with Gasteiger partial charge in [-0.2, -0.15) is 10.2 Å². The molecule has 2 heterocycles. The highest BCUT2D eigenvalue weighted by molar-refractivity contribution is 9.10. The van der Waals surface area contributed by atoms with Crippen LogP contribution in [0.3, 0.4) is 0 Å². The lowest BCUT2D eigenvalue weighted by molar-refractivity contribution is 0.103. The molecule has 5 aromatic rings. The summed E-state index contributed by atoms with van der Waals surface area (Å²) in [7, 11) is 1.88. The Bertz CT molecular complexity index is 1450. The first-order valence-corrected chi connectivity index (χ1v) is 12.0. The van der Waals surface area contributed by atoms with E-state index in [2.05, 4.69) is 58.3 Å². The summed E-state index contributed by atoms with van der Waals surface area (Å²) in [4.78, 5) is 13.7. The molecule has 3 aromatic carbocycles. The summed E-state index contributed by atoms with van der Waals surface area (Å²) < 4.78 is 4.76. The highest BCUT2D eigenvalue weighted by Gasteiger charge is 2.24. The van der Waals surface area contributed by atoms with Crippen molar-refractivity contribution in [2.24, 2.45) is 7.05 Å². The Morgan fingerprint density at radius 3 is 2.64 bits per heavy atom. The molecule has 0 N–H and O–H groups in total. The molecule has 6 heteroatoms. The number of unbranched alkanes of at least 4 members (excludes halogenated alkanes) is 1. The molecule has 5 nitrogen and oxygen atoms in total. The van der Waals surface area contributed by atoms with E-state index in [1.54, 1.807) is 4.68 Å². The van der Waals surface area contributed by atoms with Gasteiger partial charge in [-0.25, -0.2) is 0 Å². The second kappa shape index (κ2) is 8.94. The fraction of sp³-hybridized carbons (Fsp3) is 0.222. The normalized spacial score (nSPS) is 12.5. The molecule has 0 fully saturated rings. The molecule has 0 radical (unpaired) electrons. The number of benzene rings is 3. The lowest BCUT2D eigenvalue weighted by Gasteiger charge is -2.19. The summed E-state index contributed by atoms with van der Waals surface area (Å²) in [5.74, 6) is -0.0812. The summed E-state index contributed by atoms with van der Waals surface area (Å²) in [6.07, 6.45) is 4.95. The van der Waals surface area contributed by atoms with Gasteiger partial charge in [0, 0.05) is 27.9 Å². The van der Waals surface area contributed by atoms with Gasteiger partial charge in [0.1, 0.15) is 5.69 Å². The number of fused-ring (bicyclic) bond motifs is 2. The quantitative estimate of drug-likeness (QED) is 0.233. The molecule has 1 unspecified atom stereocenters. The number of aromatic nitrogens is 4. The van der Waals surface area contributed by atoms with E-state index in [0.717, 1.165) is 45.5 Å². The van der Waals surface area contributed by atoms with E-state index < -0.39 is 0 Å². The molecular weight excluding hydrogens is 476 g/mol. The van der Waals surface area contributed by atoms with Gasteiger partial charge in [0.25, 0.3) is 0 Å². The topological polar surface area (TPSA) is 52.7 Å². The molecule has 0 saturated carbocycles. The number of aryl methyl sites for hydroxylation is 1. The van der Waals surface area contributed by atoms with Crippen LogP contribution in [0.1, 0.15) is 53.8 Å². The molecular formula is C27H25BrN4O. The van der Waals surface area contributed by atoms with Crippen molar-refractivity contribution in [3.63, 3.8) is 0 Å². The maximum Gasteiger partial charge on any atom is 0.213 e. The fourth-order valence-corrected chi connectivity index (χ4v) is 4.80. The van der Waals surface area contributed by atoms with Crippen molar-refractivity contribution >= 4 is 43.5 Å². The Hall–Kier alpha value is -3.25. The second-order valence-corrected chi connectivity index (χ2v) is 9.31.